The molecular weight excluding hydrogens is 368 g/mol. The van der Waals surface area contributed by atoms with Crippen LogP contribution in [0.15, 0.2) is 0 Å². The molecule has 0 heterocycles. The van der Waals surface area contributed by atoms with Gasteiger partial charge in [-0.25, -0.2) is 0 Å². The van der Waals surface area contributed by atoms with Gasteiger partial charge in [0.15, 0.2) is 0 Å². The van der Waals surface area contributed by atoms with Gasteiger partial charge in [0.25, 0.3) is 0 Å². The lowest BCUT2D eigenvalue weighted by atomic mass is 9.95. The molecule has 0 aliphatic rings. The maximum absolute atomic E-state index is 12.4. The number of aliphatic hydroxyl groups excluding tert-OH is 1. The van der Waals surface area contributed by atoms with Crippen molar-refractivity contribution < 1.29 is 24.2 Å². The fourth-order valence-electron chi connectivity index (χ4n) is 3.36. The van der Waals surface area contributed by atoms with E-state index < -0.39 is 6.10 Å². The second-order valence-electron chi connectivity index (χ2n) is 8.63. The molecule has 0 aromatic rings. The maximum atomic E-state index is 12.4. The molecule has 5 heteroatoms. The molecule has 0 aromatic carbocycles. The number of hydrogen-bond acceptors (Lipinski definition) is 5. The van der Waals surface area contributed by atoms with Gasteiger partial charge in [-0.1, -0.05) is 66.2 Å². The van der Waals surface area contributed by atoms with Gasteiger partial charge in [0.1, 0.15) is 6.61 Å². The van der Waals surface area contributed by atoms with Crippen molar-refractivity contribution in [2.75, 3.05) is 13.2 Å². The van der Waals surface area contributed by atoms with E-state index in [2.05, 4.69) is 13.8 Å². The number of ether oxygens (including phenoxy) is 2. The number of carbonyl (C=O) groups is 2. The lowest BCUT2D eigenvalue weighted by molar-refractivity contribution is -0.150. The molecule has 0 spiro atoms. The van der Waals surface area contributed by atoms with Crippen molar-refractivity contribution in [2.45, 2.75) is 117 Å². The van der Waals surface area contributed by atoms with E-state index >= 15 is 0 Å². The summed E-state index contributed by atoms with van der Waals surface area (Å²) in [6.07, 6.45) is 11.5. The summed E-state index contributed by atoms with van der Waals surface area (Å²) in [4.78, 5) is 24.1. The minimum absolute atomic E-state index is 0.0408. The normalized spacial score (nSPS) is 13.3. The number of hydrogen-bond donors (Lipinski definition) is 1. The number of unbranched alkanes of at least 4 members (excludes halogenated alkanes) is 6. The molecule has 0 bridgehead atoms. The van der Waals surface area contributed by atoms with Crippen LogP contribution in [0, 0.1) is 11.8 Å². The predicted octanol–water partition coefficient (Wildman–Crippen LogP) is 5.82. The number of esters is 2. The molecule has 1 N–H and O–H groups in total. The molecule has 0 saturated carbocycles. The SMILES string of the molecule is CCCCCCC(CCCC)C(=O)OCCCCCC(=O)OCC(O)CC(C)C. The van der Waals surface area contributed by atoms with Crippen LogP contribution in [0.25, 0.3) is 0 Å². The van der Waals surface area contributed by atoms with E-state index in [1.165, 1.54) is 19.3 Å². The summed E-state index contributed by atoms with van der Waals surface area (Å²) >= 11 is 0. The zero-order valence-electron chi connectivity index (χ0n) is 19.4. The van der Waals surface area contributed by atoms with Crippen molar-refractivity contribution in [3.63, 3.8) is 0 Å². The Bertz CT molecular complexity index is 408. The Kier molecular flexibility index (Phi) is 18.2. The number of aliphatic hydroxyl groups is 1. The summed E-state index contributed by atoms with van der Waals surface area (Å²) in [6, 6.07) is 0. The van der Waals surface area contributed by atoms with Gasteiger partial charge >= 0.3 is 11.9 Å². The first-order chi connectivity index (χ1) is 13.9. The summed E-state index contributed by atoms with van der Waals surface area (Å²) in [5.41, 5.74) is 0. The van der Waals surface area contributed by atoms with Crippen LogP contribution in [0.3, 0.4) is 0 Å². The average Bonchev–Trinajstić information content (AvgIpc) is 2.67. The summed E-state index contributed by atoms with van der Waals surface area (Å²) in [6.45, 7) is 8.89. The first-order valence-electron chi connectivity index (χ1n) is 11.9. The molecule has 172 valence electrons. The highest BCUT2D eigenvalue weighted by atomic mass is 16.5. The zero-order valence-corrected chi connectivity index (χ0v) is 19.4. The largest absolute Gasteiger partial charge is 0.465 e. The van der Waals surface area contributed by atoms with Gasteiger partial charge in [0, 0.05) is 6.42 Å². The van der Waals surface area contributed by atoms with Crippen molar-refractivity contribution in [3.05, 3.63) is 0 Å². The van der Waals surface area contributed by atoms with Crippen molar-refractivity contribution >= 4 is 11.9 Å². The highest BCUT2D eigenvalue weighted by Crippen LogP contribution is 2.19. The lowest BCUT2D eigenvalue weighted by Gasteiger charge is -2.16. The fraction of sp³-hybridized carbons (Fsp3) is 0.917. The summed E-state index contributed by atoms with van der Waals surface area (Å²) in [5, 5.41) is 9.72. The van der Waals surface area contributed by atoms with Crippen LogP contribution in [-0.2, 0) is 19.1 Å². The third kappa shape index (κ3) is 17.5. The van der Waals surface area contributed by atoms with E-state index in [9.17, 15) is 14.7 Å². The zero-order chi connectivity index (χ0) is 21.9. The van der Waals surface area contributed by atoms with Crippen molar-refractivity contribution in [1.29, 1.82) is 0 Å². The first kappa shape index (κ1) is 27.9. The van der Waals surface area contributed by atoms with E-state index in [4.69, 9.17) is 9.47 Å². The van der Waals surface area contributed by atoms with Gasteiger partial charge in [0.05, 0.1) is 18.6 Å². The molecule has 0 fully saturated rings. The Hall–Kier alpha value is -1.10. The molecule has 5 nitrogen and oxygen atoms in total. The molecule has 0 aromatic heterocycles. The summed E-state index contributed by atoms with van der Waals surface area (Å²) < 4.78 is 10.6. The summed E-state index contributed by atoms with van der Waals surface area (Å²) in [7, 11) is 0. The Labute approximate surface area is 178 Å². The molecule has 2 atom stereocenters. The fourth-order valence-corrected chi connectivity index (χ4v) is 3.36. The van der Waals surface area contributed by atoms with Gasteiger partial charge in [-0.05, 0) is 44.4 Å². The molecule has 0 saturated heterocycles. The molecule has 0 amide bonds. The smallest absolute Gasteiger partial charge is 0.308 e. The quantitative estimate of drug-likeness (QED) is 0.213. The standard InChI is InChI=1S/C24H46O5/c1-5-7-9-11-15-21(14-8-6-2)24(27)28-17-13-10-12-16-23(26)29-19-22(25)18-20(3)4/h20-22,25H,5-19H2,1-4H3. The van der Waals surface area contributed by atoms with Crippen LogP contribution >= 0.6 is 0 Å². The lowest BCUT2D eigenvalue weighted by Crippen LogP contribution is -2.20. The highest BCUT2D eigenvalue weighted by Gasteiger charge is 2.19. The molecular formula is C24H46O5. The molecule has 0 rings (SSSR count). The number of carbonyl (C=O) groups excluding carboxylic acids is 2. The second kappa shape index (κ2) is 18.9. The van der Waals surface area contributed by atoms with Crippen molar-refractivity contribution in [1.82, 2.24) is 0 Å². The topological polar surface area (TPSA) is 72.8 Å². The Morgan fingerprint density at radius 2 is 1.48 bits per heavy atom. The van der Waals surface area contributed by atoms with Gasteiger partial charge in [0.2, 0.25) is 0 Å². The van der Waals surface area contributed by atoms with Crippen molar-refractivity contribution in [2.24, 2.45) is 11.8 Å². The Morgan fingerprint density at radius 1 is 0.828 bits per heavy atom. The van der Waals surface area contributed by atoms with Gasteiger partial charge in [-0.3, -0.25) is 9.59 Å². The van der Waals surface area contributed by atoms with Gasteiger partial charge < -0.3 is 14.6 Å². The molecule has 0 aliphatic heterocycles. The Balaban J connectivity index is 3.85. The highest BCUT2D eigenvalue weighted by molar-refractivity contribution is 5.72. The maximum Gasteiger partial charge on any atom is 0.308 e. The molecule has 29 heavy (non-hydrogen) atoms. The number of rotatable bonds is 19. The predicted molar refractivity (Wildman–Crippen MR) is 118 cm³/mol. The van der Waals surface area contributed by atoms with Crippen LogP contribution in [0.2, 0.25) is 0 Å². The van der Waals surface area contributed by atoms with Gasteiger partial charge in [-0.15, -0.1) is 0 Å². The molecule has 2 unspecified atom stereocenters. The minimum atomic E-state index is -0.582. The molecule has 0 aliphatic carbocycles. The van der Waals surface area contributed by atoms with E-state index in [-0.39, 0.29) is 24.5 Å². The van der Waals surface area contributed by atoms with E-state index in [0.717, 1.165) is 44.9 Å². The van der Waals surface area contributed by atoms with Crippen molar-refractivity contribution in [3.8, 4) is 0 Å². The van der Waals surface area contributed by atoms with Crippen LogP contribution in [0.5, 0.6) is 0 Å². The summed E-state index contributed by atoms with van der Waals surface area (Å²) in [5.74, 6) is 0.105. The van der Waals surface area contributed by atoms with Crippen LogP contribution < -0.4 is 0 Å². The van der Waals surface area contributed by atoms with Crippen LogP contribution in [0.1, 0.15) is 111 Å². The average molecular weight is 415 g/mol. The second-order valence-corrected chi connectivity index (χ2v) is 8.63. The third-order valence-electron chi connectivity index (χ3n) is 5.10. The molecule has 0 radical (unpaired) electrons. The van der Waals surface area contributed by atoms with E-state index in [1.54, 1.807) is 0 Å². The van der Waals surface area contributed by atoms with Crippen LogP contribution in [0.4, 0.5) is 0 Å². The monoisotopic (exact) mass is 414 g/mol. The van der Waals surface area contributed by atoms with E-state index in [1.807, 2.05) is 13.8 Å². The minimum Gasteiger partial charge on any atom is -0.465 e. The van der Waals surface area contributed by atoms with Gasteiger partial charge in [-0.2, -0.15) is 0 Å². The first-order valence-corrected chi connectivity index (χ1v) is 11.9. The third-order valence-corrected chi connectivity index (χ3v) is 5.10. The van der Waals surface area contributed by atoms with E-state index in [0.29, 0.717) is 31.8 Å². The van der Waals surface area contributed by atoms with Crippen LogP contribution in [-0.4, -0.2) is 36.4 Å². The Morgan fingerprint density at radius 3 is 2.14 bits per heavy atom.